The zero-order chi connectivity index (χ0) is 22.7. The molecule has 11 heteroatoms. The molecular formula is C21H28N6O3S2. The van der Waals surface area contributed by atoms with E-state index in [-0.39, 0.29) is 17.9 Å². The van der Waals surface area contributed by atoms with E-state index in [0.29, 0.717) is 34.3 Å². The van der Waals surface area contributed by atoms with Crippen LogP contribution in [-0.2, 0) is 16.2 Å². The van der Waals surface area contributed by atoms with Gasteiger partial charge in [0.25, 0.3) is 0 Å². The predicted octanol–water partition coefficient (Wildman–Crippen LogP) is 2.93. The number of nitrogens with zero attached hydrogens (tertiary/aromatic N) is 6. The number of amides is 1. The smallest absolute Gasteiger partial charge is 0.339 e. The number of hydrogen-bond donors (Lipinski definition) is 0. The summed E-state index contributed by atoms with van der Waals surface area (Å²) in [7, 11) is 0. The molecule has 4 rings (SSSR count). The first kappa shape index (κ1) is 22.8. The predicted molar refractivity (Wildman–Crippen MR) is 126 cm³/mol. The second kappa shape index (κ2) is 10.1. The van der Waals surface area contributed by atoms with Gasteiger partial charge in [0.05, 0.1) is 18.8 Å². The summed E-state index contributed by atoms with van der Waals surface area (Å²) in [5, 5.41) is 5.39. The van der Waals surface area contributed by atoms with Gasteiger partial charge in [0, 0.05) is 44.8 Å². The minimum absolute atomic E-state index is 0.110. The van der Waals surface area contributed by atoms with Gasteiger partial charge < -0.3 is 9.64 Å². The molecule has 0 N–H and O–H groups in total. The summed E-state index contributed by atoms with van der Waals surface area (Å²) in [6.45, 7) is 7.95. The van der Waals surface area contributed by atoms with Gasteiger partial charge in [-0.05, 0) is 44.1 Å². The first-order chi connectivity index (χ1) is 15.5. The number of rotatable bonds is 8. The monoisotopic (exact) mass is 476 g/mol. The molecule has 2 aliphatic rings. The number of hydrogen-bond acceptors (Lipinski definition) is 9. The van der Waals surface area contributed by atoms with Gasteiger partial charge in [-0.1, -0.05) is 18.3 Å². The summed E-state index contributed by atoms with van der Waals surface area (Å²) in [6, 6.07) is 3.90. The third-order valence-electron chi connectivity index (χ3n) is 5.57. The molecular weight excluding hydrogens is 448 g/mol. The minimum Gasteiger partial charge on any atom is -0.462 e. The fourth-order valence-corrected chi connectivity index (χ4v) is 4.84. The number of anilines is 2. The van der Waals surface area contributed by atoms with Gasteiger partial charge in [-0.3, -0.25) is 14.6 Å². The summed E-state index contributed by atoms with van der Waals surface area (Å²) in [4.78, 5) is 34.9. The van der Waals surface area contributed by atoms with Crippen LogP contribution >= 0.6 is 23.6 Å². The molecule has 3 heterocycles. The Morgan fingerprint density at radius 2 is 1.97 bits per heavy atom. The first-order valence-electron chi connectivity index (χ1n) is 11.0. The lowest BCUT2D eigenvalue weighted by Crippen LogP contribution is -2.47. The number of aromatic nitrogens is 3. The maximum Gasteiger partial charge on any atom is 0.339 e. The number of pyridine rings is 1. The highest BCUT2D eigenvalue weighted by molar-refractivity contribution is 7.73. The average Bonchev–Trinajstić information content (AvgIpc) is 3.58. The second-order valence-corrected chi connectivity index (χ2v) is 9.47. The number of carbonyl (C=O) groups excluding carboxylic acids is 2. The minimum atomic E-state index is -0.350. The molecule has 1 aliphatic heterocycles. The summed E-state index contributed by atoms with van der Waals surface area (Å²) in [5.41, 5.74) is 0.463. The molecule has 1 amide bonds. The maximum absolute atomic E-state index is 12.4. The van der Waals surface area contributed by atoms with Crippen LogP contribution in [0.4, 0.5) is 10.9 Å². The van der Waals surface area contributed by atoms with Gasteiger partial charge in [0.1, 0.15) is 5.82 Å². The van der Waals surface area contributed by atoms with Gasteiger partial charge in [0.2, 0.25) is 11.0 Å². The van der Waals surface area contributed by atoms with E-state index in [9.17, 15) is 9.59 Å². The van der Waals surface area contributed by atoms with Gasteiger partial charge in [-0.25, -0.2) is 14.5 Å². The molecule has 1 saturated carbocycles. The molecule has 0 aromatic carbocycles. The van der Waals surface area contributed by atoms with E-state index in [1.54, 1.807) is 19.2 Å². The normalized spacial score (nSPS) is 16.8. The summed E-state index contributed by atoms with van der Waals surface area (Å²) in [5.74, 6) is 0.610. The molecule has 0 unspecified atom stereocenters. The van der Waals surface area contributed by atoms with Crippen LogP contribution in [0, 0.1) is 3.95 Å². The third kappa shape index (κ3) is 5.16. The van der Waals surface area contributed by atoms with Crippen LogP contribution in [0.1, 0.15) is 43.5 Å². The Balaban J connectivity index is 1.34. The van der Waals surface area contributed by atoms with Gasteiger partial charge in [-0.15, -0.1) is 5.10 Å². The van der Waals surface area contributed by atoms with Crippen molar-refractivity contribution in [3.8, 4) is 0 Å². The largest absolute Gasteiger partial charge is 0.462 e. The third-order valence-corrected chi connectivity index (χ3v) is 6.88. The topological polar surface area (TPSA) is 83.8 Å². The van der Waals surface area contributed by atoms with Crippen molar-refractivity contribution in [2.24, 2.45) is 0 Å². The van der Waals surface area contributed by atoms with Crippen molar-refractivity contribution in [1.82, 2.24) is 19.7 Å². The molecule has 9 nitrogen and oxygen atoms in total. The van der Waals surface area contributed by atoms with Crippen molar-refractivity contribution < 1.29 is 14.3 Å². The van der Waals surface area contributed by atoms with E-state index in [4.69, 9.17) is 17.0 Å². The highest BCUT2D eigenvalue weighted by Gasteiger charge is 2.35. The molecule has 0 radical (unpaired) electrons. The lowest BCUT2D eigenvalue weighted by Gasteiger charge is -2.35. The molecule has 172 valence electrons. The fraction of sp³-hybridized carbons (Fsp3) is 0.571. The molecule has 0 atom stereocenters. The van der Waals surface area contributed by atoms with Crippen LogP contribution in [0.2, 0.25) is 0 Å². The van der Waals surface area contributed by atoms with Crippen LogP contribution < -0.4 is 9.80 Å². The van der Waals surface area contributed by atoms with E-state index in [0.717, 1.165) is 44.8 Å². The van der Waals surface area contributed by atoms with Gasteiger partial charge >= 0.3 is 5.97 Å². The number of piperazine rings is 1. The Bertz CT molecular complexity index is 1010. The van der Waals surface area contributed by atoms with E-state index in [2.05, 4.69) is 19.9 Å². The lowest BCUT2D eigenvalue weighted by molar-refractivity contribution is -0.118. The standard InChI is InChI=1S/C21H28N6O3S2/c1-3-18(28)27(16-6-7-16)20-23-26(21(31)32-20)14-24-9-11-25(12-10-24)17-8-5-15(13-22-17)19(29)30-4-2/h5,8,13,16H,3-4,6-7,9-12,14H2,1-2H3. The quantitative estimate of drug-likeness (QED) is 0.425. The van der Waals surface area contributed by atoms with Crippen LogP contribution in [-0.4, -0.2) is 70.4 Å². The first-order valence-corrected chi connectivity index (χ1v) is 12.2. The lowest BCUT2D eigenvalue weighted by atomic mass is 10.2. The SMILES string of the molecule is CCOC(=O)c1ccc(N2CCN(Cn3nc(N(C(=O)CC)C4CC4)sc3=S)CC2)nc1. The molecule has 1 aliphatic carbocycles. The number of esters is 1. The molecule has 2 aromatic heterocycles. The Morgan fingerprint density at radius 3 is 2.56 bits per heavy atom. The van der Waals surface area contributed by atoms with E-state index >= 15 is 0 Å². The molecule has 2 fully saturated rings. The van der Waals surface area contributed by atoms with Crippen LogP contribution in [0.15, 0.2) is 18.3 Å². The van der Waals surface area contributed by atoms with Crippen molar-refractivity contribution in [3.63, 3.8) is 0 Å². The van der Waals surface area contributed by atoms with Crippen molar-refractivity contribution in [2.45, 2.75) is 45.8 Å². The molecule has 2 aromatic rings. The second-order valence-electron chi connectivity index (χ2n) is 7.87. The fourth-order valence-electron chi connectivity index (χ4n) is 3.67. The Morgan fingerprint density at radius 1 is 1.22 bits per heavy atom. The van der Waals surface area contributed by atoms with Gasteiger partial charge in [-0.2, -0.15) is 0 Å². The zero-order valence-corrected chi connectivity index (χ0v) is 20.0. The average molecular weight is 477 g/mol. The molecule has 32 heavy (non-hydrogen) atoms. The van der Waals surface area contributed by atoms with E-state index in [1.165, 1.54) is 11.3 Å². The van der Waals surface area contributed by atoms with Crippen molar-refractivity contribution in [3.05, 3.63) is 27.8 Å². The van der Waals surface area contributed by atoms with Crippen molar-refractivity contribution in [1.29, 1.82) is 0 Å². The van der Waals surface area contributed by atoms with Gasteiger partial charge in [0.15, 0.2) is 3.95 Å². The van der Waals surface area contributed by atoms with Crippen LogP contribution in [0.5, 0.6) is 0 Å². The molecule has 0 spiro atoms. The zero-order valence-electron chi connectivity index (χ0n) is 18.4. The number of carbonyl (C=O) groups is 2. The summed E-state index contributed by atoms with van der Waals surface area (Å²) >= 11 is 6.95. The number of ether oxygens (including phenoxy) is 1. The summed E-state index contributed by atoms with van der Waals surface area (Å²) < 4.78 is 7.53. The van der Waals surface area contributed by atoms with Crippen molar-refractivity contribution >= 4 is 46.4 Å². The Labute approximate surface area is 196 Å². The van der Waals surface area contributed by atoms with Crippen molar-refractivity contribution in [2.75, 3.05) is 42.6 Å². The van der Waals surface area contributed by atoms with E-state index < -0.39 is 0 Å². The van der Waals surface area contributed by atoms with Crippen LogP contribution in [0.25, 0.3) is 0 Å². The Kier molecular flexibility index (Phi) is 7.17. The molecule has 0 bridgehead atoms. The molecule has 1 saturated heterocycles. The van der Waals surface area contributed by atoms with E-state index in [1.807, 2.05) is 22.6 Å². The highest BCUT2D eigenvalue weighted by atomic mass is 32.1. The Hall–Kier alpha value is -2.37. The maximum atomic E-state index is 12.4. The van der Waals surface area contributed by atoms with Crippen LogP contribution in [0.3, 0.4) is 0 Å². The summed E-state index contributed by atoms with van der Waals surface area (Å²) in [6.07, 6.45) is 4.11. The highest BCUT2D eigenvalue weighted by Crippen LogP contribution is 2.34.